The van der Waals surface area contributed by atoms with Gasteiger partial charge in [0.05, 0.1) is 6.61 Å². The molecule has 0 spiro atoms. The summed E-state index contributed by atoms with van der Waals surface area (Å²) in [7, 11) is 0. The topological polar surface area (TPSA) is 55.8 Å². The SMILES string of the molecule is CCOC(=O)C1C[C@H](C)C(C)N1C(=O)OC(C)(C)C. The minimum Gasteiger partial charge on any atom is -0.464 e. The molecule has 5 heteroatoms. The Bertz CT molecular complexity index is 348. The van der Waals surface area contributed by atoms with E-state index in [9.17, 15) is 9.59 Å². The molecule has 1 heterocycles. The van der Waals surface area contributed by atoms with Crippen molar-refractivity contribution in [2.45, 2.75) is 65.6 Å². The lowest BCUT2D eigenvalue weighted by Crippen LogP contribution is -2.47. The summed E-state index contributed by atoms with van der Waals surface area (Å²) in [5.41, 5.74) is -0.568. The van der Waals surface area contributed by atoms with Crippen LogP contribution in [0.1, 0.15) is 48.0 Å². The van der Waals surface area contributed by atoms with Gasteiger partial charge in [-0.15, -0.1) is 0 Å². The van der Waals surface area contributed by atoms with E-state index in [1.807, 2.05) is 34.6 Å². The first-order chi connectivity index (χ1) is 8.67. The van der Waals surface area contributed by atoms with Crippen LogP contribution in [0.15, 0.2) is 0 Å². The number of likely N-dealkylation sites (tertiary alicyclic amines) is 1. The number of hydrogen-bond acceptors (Lipinski definition) is 4. The van der Waals surface area contributed by atoms with Crippen LogP contribution in [0.4, 0.5) is 4.79 Å². The van der Waals surface area contributed by atoms with Gasteiger partial charge in [0, 0.05) is 6.04 Å². The van der Waals surface area contributed by atoms with Crippen LogP contribution >= 0.6 is 0 Å². The average molecular weight is 271 g/mol. The lowest BCUT2D eigenvalue weighted by Gasteiger charge is -2.30. The van der Waals surface area contributed by atoms with Crippen molar-refractivity contribution in [3.05, 3.63) is 0 Å². The van der Waals surface area contributed by atoms with Gasteiger partial charge < -0.3 is 9.47 Å². The largest absolute Gasteiger partial charge is 0.464 e. The fraction of sp³-hybridized carbons (Fsp3) is 0.857. The third-order valence-electron chi connectivity index (χ3n) is 3.36. The van der Waals surface area contributed by atoms with Gasteiger partial charge in [-0.1, -0.05) is 6.92 Å². The normalized spacial score (nSPS) is 27.3. The van der Waals surface area contributed by atoms with E-state index in [-0.39, 0.29) is 17.9 Å². The molecule has 1 fully saturated rings. The number of rotatable bonds is 2. The van der Waals surface area contributed by atoms with Gasteiger partial charge in [-0.25, -0.2) is 9.59 Å². The summed E-state index contributed by atoms with van der Waals surface area (Å²) in [5, 5.41) is 0. The fourth-order valence-corrected chi connectivity index (χ4v) is 2.28. The quantitative estimate of drug-likeness (QED) is 0.724. The molecule has 0 bridgehead atoms. The molecule has 0 N–H and O–H groups in total. The van der Waals surface area contributed by atoms with E-state index in [4.69, 9.17) is 9.47 Å². The van der Waals surface area contributed by atoms with E-state index in [0.29, 0.717) is 13.0 Å². The Morgan fingerprint density at radius 1 is 1.26 bits per heavy atom. The van der Waals surface area contributed by atoms with E-state index < -0.39 is 17.7 Å². The molecule has 1 amide bonds. The maximum atomic E-state index is 12.2. The lowest BCUT2D eigenvalue weighted by atomic mass is 10.0. The van der Waals surface area contributed by atoms with Crippen LogP contribution in [0.25, 0.3) is 0 Å². The van der Waals surface area contributed by atoms with Crippen LogP contribution in [-0.2, 0) is 14.3 Å². The zero-order chi connectivity index (χ0) is 14.8. The van der Waals surface area contributed by atoms with Crippen LogP contribution < -0.4 is 0 Å². The van der Waals surface area contributed by atoms with Crippen LogP contribution in [0.5, 0.6) is 0 Å². The highest BCUT2D eigenvalue weighted by molar-refractivity contribution is 5.82. The van der Waals surface area contributed by atoms with Gasteiger partial charge in [0.15, 0.2) is 0 Å². The predicted molar refractivity (Wildman–Crippen MR) is 71.7 cm³/mol. The summed E-state index contributed by atoms with van der Waals surface area (Å²) in [6.45, 7) is 11.5. The van der Waals surface area contributed by atoms with Crippen molar-refractivity contribution in [1.29, 1.82) is 0 Å². The van der Waals surface area contributed by atoms with Crippen LogP contribution in [0.2, 0.25) is 0 Å². The van der Waals surface area contributed by atoms with Crippen molar-refractivity contribution >= 4 is 12.1 Å². The number of hydrogen-bond donors (Lipinski definition) is 0. The van der Waals surface area contributed by atoms with Crippen molar-refractivity contribution in [3.8, 4) is 0 Å². The molecule has 0 radical (unpaired) electrons. The standard InChI is InChI=1S/C14H25NO4/c1-7-18-12(16)11-8-9(2)10(3)15(11)13(17)19-14(4,5)6/h9-11H,7-8H2,1-6H3/t9-,10?,11?/m0/s1. The second-order valence-electron chi connectivity index (χ2n) is 6.11. The fourth-order valence-electron chi connectivity index (χ4n) is 2.28. The number of nitrogens with zero attached hydrogens (tertiary/aromatic N) is 1. The minimum absolute atomic E-state index is 0.0238. The third-order valence-corrected chi connectivity index (χ3v) is 3.36. The van der Waals surface area contributed by atoms with Crippen molar-refractivity contribution in [1.82, 2.24) is 4.90 Å². The first-order valence-corrected chi connectivity index (χ1v) is 6.85. The van der Waals surface area contributed by atoms with E-state index in [0.717, 1.165) is 0 Å². The third kappa shape index (κ3) is 3.85. The zero-order valence-corrected chi connectivity index (χ0v) is 12.7. The Morgan fingerprint density at radius 3 is 2.32 bits per heavy atom. The molecule has 1 aliphatic rings. The molecule has 5 nitrogen and oxygen atoms in total. The van der Waals surface area contributed by atoms with Crippen molar-refractivity contribution in [2.75, 3.05) is 6.61 Å². The van der Waals surface area contributed by atoms with Gasteiger partial charge in [-0.05, 0) is 47.0 Å². The van der Waals surface area contributed by atoms with Crippen molar-refractivity contribution in [3.63, 3.8) is 0 Å². The number of ether oxygens (including phenoxy) is 2. The maximum absolute atomic E-state index is 12.2. The summed E-state index contributed by atoms with van der Waals surface area (Å²) in [4.78, 5) is 25.7. The second kappa shape index (κ2) is 5.80. The maximum Gasteiger partial charge on any atom is 0.411 e. The van der Waals surface area contributed by atoms with Crippen LogP contribution in [0, 0.1) is 5.92 Å². The van der Waals surface area contributed by atoms with E-state index in [2.05, 4.69) is 0 Å². The molecule has 110 valence electrons. The molecule has 0 aromatic rings. The first kappa shape index (κ1) is 15.8. The van der Waals surface area contributed by atoms with E-state index in [1.54, 1.807) is 6.92 Å². The Morgan fingerprint density at radius 2 is 1.84 bits per heavy atom. The molecule has 0 aromatic heterocycles. The van der Waals surface area contributed by atoms with Crippen molar-refractivity contribution < 1.29 is 19.1 Å². The van der Waals surface area contributed by atoms with Gasteiger partial charge in [-0.2, -0.15) is 0 Å². The Balaban J connectivity index is 2.86. The first-order valence-electron chi connectivity index (χ1n) is 6.85. The van der Waals surface area contributed by atoms with E-state index >= 15 is 0 Å². The number of amides is 1. The smallest absolute Gasteiger partial charge is 0.411 e. The molecular formula is C14H25NO4. The molecule has 1 rings (SSSR count). The molecule has 1 saturated heterocycles. The van der Waals surface area contributed by atoms with E-state index in [1.165, 1.54) is 4.90 Å². The molecule has 3 atom stereocenters. The molecule has 1 aliphatic heterocycles. The van der Waals surface area contributed by atoms with Gasteiger partial charge in [0.2, 0.25) is 0 Å². The highest BCUT2D eigenvalue weighted by Gasteiger charge is 2.45. The second-order valence-corrected chi connectivity index (χ2v) is 6.11. The van der Waals surface area contributed by atoms with Crippen molar-refractivity contribution in [2.24, 2.45) is 5.92 Å². The summed E-state index contributed by atoms with van der Waals surface area (Å²) in [6.07, 6.45) is 0.182. The Labute approximate surface area is 115 Å². The molecule has 0 aromatic carbocycles. The average Bonchev–Trinajstić information content (AvgIpc) is 2.53. The number of esters is 1. The molecule has 0 saturated carbocycles. The molecule has 19 heavy (non-hydrogen) atoms. The Hall–Kier alpha value is -1.26. The van der Waals surface area contributed by atoms with Gasteiger partial charge >= 0.3 is 12.1 Å². The van der Waals surface area contributed by atoms with Crippen LogP contribution in [0.3, 0.4) is 0 Å². The summed E-state index contributed by atoms with van der Waals surface area (Å²) in [6, 6.07) is -0.552. The lowest BCUT2D eigenvalue weighted by molar-refractivity contribution is -0.148. The molecule has 0 aliphatic carbocycles. The highest BCUT2D eigenvalue weighted by Crippen LogP contribution is 2.31. The highest BCUT2D eigenvalue weighted by atomic mass is 16.6. The summed E-state index contributed by atoms with van der Waals surface area (Å²) < 4.78 is 10.4. The summed E-state index contributed by atoms with van der Waals surface area (Å²) >= 11 is 0. The summed E-state index contributed by atoms with van der Waals surface area (Å²) in [5.74, 6) is -0.0912. The Kier molecular flexibility index (Phi) is 4.82. The number of carbonyl (C=O) groups is 2. The van der Waals surface area contributed by atoms with Gasteiger partial charge in [0.25, 0.3) is 0 Å². The molecular weight excluding hydrogens is 246 g/mol. The zero-order valence-electron chi connectivity index (χ0n) is 12.7. The monoisotopic (exact) mass is 271 g/mol. The van der Waals surface area contributed by atoms with Crippen LogP contribution in [-0.4, -0.2) is 41.3 Å². The predicted octanol–water partition coefficient (Wildman–Crippen LogP) is 2.58. The molecule has 2 unspecified atom stereocenters. The number of carbonyl (C=O) groups excluding carboxylic acids is 2. The van der Waals surface area contributed by atoms with Gasteiger partial charge in [0.1, 0.15) is 11.6 Å². The van der Waals surface area contributed by atoms with Gasteiger partial charge in [-0.3, -0.25) is 4.90 Å². The minimum atomic E-state index is -0.568.